The Labute approximate surface area is 407 Å². The van der Waals surface area contributed by atoms with E-state index in [9.17, 15) is 20.1 Å². The summed E-state index contributed by atoms with van der Waals surface area (Å²) >= 11 is 0. The van der Waals surface area contributed by atoms with Gasteiger partial charge in [-0.05, 0) is 32.1 Å². The van der Waals surface area contributed by atoms with Crippen LogP contribution in [0.25, 0.3) is 0 Å². The van der Waals surface area contributed by atoms with E-state index in [4.69, 9.17) is 0 Å². The van der Waals surface area contributed by atoms with Crippen LogP contribution in [0, 0.1) is 0 Å². The molecule has 4 N–H and O–H groups in total. The summed E-state index contributed by atoms with van der Waals surface area (Å²) in [5.41, 5.74) is 0. The standard InChI is InChI=1S/C60H117NO4/c1-3-5-7-9-11-13-15-17-19-21-23-24-25-26-27-28-29-30-31-32-33-34-35-37-39-41-43-45-47-49-51-53-55-59(64)60(65)61-57(56-62)58(63)54-52-50-48-46-44-42-40-38-36-22-20-18-16-14-12-10-8-6-4-2/h44,46,52,54,57-59,62-64H,3-43,45,47-51,53,55-56H2,1-2H3,(H,61,65)/b46-44+,54-52+. The van der Waals surface area contributed by atoms with Gasteiger partial charge in [0, 0.05) is 0 Å². The Kier molecular flexibility index (Phi) is 54.4. The van der Waals surface area contributed by atoms with Gasteiger partial charge in [0.2, 0.25) is 5.91 Å². The molecule has 65 heavy (non-hydrogen) atoms. The number of rotatable bonds is 55. The van der Waals surface area contributed by atoms with E-state index >= 15 is 0 Å². The van der Waals surface area contributed by atoms with Gasteiger partial charge in [0.15, 0.2) is 0 Å². The van der Waals surface area contributed by atoms with Crippen molar-refractivity contribution in [2.45, 2.75) is 347 Å². The van der Waals surface area contributed by atoms with Gasteiger partial charge in [-0.15, -0.1) is 0 Å². The lowest BCUT2D eigenvalue weighted by Gasteiger charge is -2.21. The van der Waals surface area contributed by atoms with E-state index in [1.807, 2.05) is 6.08 Å². The van der Waals surface area contributed by atoms with Crippen LogP contribution in [0.3, 0.4) is 0 Å². The van der Waals surface area contributed by atoms with Gasteiger partial charge in [-0.3, -0.25) is 4.79 Å². The van der Waals surface area contributed by atoms with Gasteiger partial charge in [-0.2, -0.15) is 0 Å². The second-order valence-electron chi connectivity index (χ2n) is 20.6. The van der Waals surface area contributed by atoms with Gasteiger partial charge in [0.25, 0.3) is 0 Å². The number of carbonyl (C=O) groups excluding carboxylic acids is 1. The SMILES string of the molecule is CCCCCCCCCCCCCCC/C=C/CC/C=C/C(O)C(CO)NC(=O)C(O)CCCCCCCCCCCCCCCCCCCCCCCCCCCCCCCCCC. The van der Waals surface area contributed by atoms with Crippen LogP contribution in [0.2, 0.25) is 0 Å². The van der Waals surface area contributed by atoms with Gasteiger partial charge in [-0.25, -0.2) is 0 Å². The van der Waals surface area contributed by atoms with Crippen LogP contribution in [0.1, 0.15) is 328 Å². The zero-order valence-corrected chi connectivity index (χ0v) is 44.1. The molecular weight excluding hydrogens is 799 g/mol. The summed E-state index contributed by atoms with van der Waals surface area (Å²) in [6.45, 7) is 4.21. The molecule has 5 heteroatoms. The lowest BCUT2D eigenvalue weighted by Crippen LogP contribution is -2.48. The zero-order chi connectivity index (χ0) is 47.2. The van der Waals surface area contributed by atoms with E-state index < -0.39 is 24.2 Å². The lowest BCUT2D eigenvalue weighted by atomic mass is 10.0. The largest absolute Gasteiger partial charge is 0.394 e. The number of nitrogens with one attached hydrogen (secondary N) is 1. The van der Waals surface area contributed by atoms with Crippen LogP contribution < -0.4 is 5.32 Å². The molecular formula is C60H117NO4. The third kappa shape index (κ3) is 50.5. The first-order chi connectivity index (χ1) is 32.1. The molecule has 0 aromatic rings. The van der Waals surface area contributed by atoms with Crippen LogP contribution in [0.5, 0.6) is 0 Å². The monoisotopic (exact) mass is 916 g/mol. The van der Waals surface area contributed by atoms with Gasteiger partial charge < -0.3 is 20.6 Å². The van der Waals surface area contributed by atoms with Crippen LogP contribution in [0.15, 0.2) is 24.3 Å². The van der Waals surface area contributed by atoms with Gasteiger partial charge >= 0.3 is 0 Å². The molecule has 0 aromatic carbocycles. The Morgan fingerprint density at radius 1 is 0.369 bits per heavy atom. The topological polar surface area (TPSA) is 89.8 Å². The molecule has 3 unspecified atom stereocenters. The third-order valence-electron chi connectivity index (χ3n) is 14.0. The smallest absolute Gasteiger partial charge is 0.249 e. The Balaban J connectivity index is 3.51. The maximum Gasteiger partial charge on any atom is 0.249 e. The van der Waals surface area contributed by atoms with Crippen molar-refractivity contribution < 1.29 is 20.1 Å². The predicted octanol–water partition coefficient (Wildman–Crippen LogP) is 18.5. The quantitative estimate of drug-likeness (QED) is 0.0361. The Morgan fingerprint density at radius 2 is 0.631 bits per heavy atom. The Bertz CT molecular complexity index is 967. The molecule has 0 radical (unpaired) electrons. The average molecular weight is 917 g/mol. The fourth-order valence-corrected chi connectivity index (χ4v) is 9.44. The van der Waals surface area contributed by atoms with Crippen molar-refractivity contribution in [2.24, 2.45) is 0 Å². The summed E-state index contributed by atoms with van der Waals surface area (Å²) in [5, 5.41) is 33.4. The van der Waals surface area contributed by atoms with Gasteiger partial charge in [-0.1, -0.05) is 321 Å². The number of unbranched alkanes of at least 4 members (excludes halogenated alkanes) is 45. The van der Waals surface area contributed by atoms with E-state index in [0.29, 0.717) is 6.42 Å². The normalized spacial score (nSPS) is 13.4. The molecule has 3 atom stereocenters. The van der Waals surface area contributed by atoms with Crippen LogP contribution in [-0.4, -0.2) is 46.1 Å². The number of aliphatic hydroxyl groups is 3. The molecule has 0 rings (SSSR count). The molecule has 0 spiro atoms. The molecule has 5 nitrogen and oxygen atoms in total. The zero-order valence-electron chi connectivity index (χ0n) is 44.1. The van der Waals surface area contributed by atoms with Crippen molar-refractivity contribution in [2.75, 3.05) is 6.61 Å². The second-order valence-corrected chi connectivity index (χ2v) is 20.6. The van der Waals surface area contributed by atoms with Crippen molar-refractivity contribution in [3.63, 3.8) is 0 Å². The summed E-state index contributed by atoms with van der Waals surface area (Å²) in [6, 6.07) is -0.812. The van der Waals surface area contributed by atoms with E-state index in [1.165, 1.54) is 270 Å². The number of carbonyl (C=O) groups is 1. The highest BCUT2D eigenvalue weighted by atomic mass is 16.3. The van der Waals surface area contributed by atoms with Gasteiger partial charge in [0.1, 0.15) is 6.10 Å². The van der Waals surface area contributed by atoms with Crippen molar-refractivity contribution >= 4 is 5.91 Å². The number of aliphatic hydroxyl groups excluding tert-OH is 3. The maximum atomic E-state index is 12.6. The van der Waals surface area contributed by atoms with Crippen LogP contribution in [-0.2, 0) is 4.79 Å². The van der Waals surface area contributed by atoms with Crippen molar-refractivity contribution in [3.8, 4) is 0 Å². The minimum Gasteiger partial charge on any atom is -0.394 e. The number of allylic oxidation sites excluding steroid dienone is 3. The Hall–Kier alpha value is -1.17. The van der Waals surface area contributed by atoms with Crippen molar-refractivity contribution in [1.82, 2.24) is 5.32 Å². The minimum absolute atomic E-state index is 0.372. The lowest BCUT2D eigenvalue weighted by molar-refractivity contribution is -0.131. The molecule has 0 aromatic heterocycles. The summed E-state index contributed by atoms with van der Waals surface area (Å²) in [7, 11) is 0. The molecule has 0 saturated carbocycles. The molecule has 0 fully saturated rings. The molecule has 0 aliphatic heterocycles. The highest BCUT2D eigenvalue weighted by Gasteiger charge is 2.22. The summed E-state index contributed by atoms with van der Waals surface area (Å²) in [4.78, 5) is 12.6. The maximum absolute atomic E-state index is 12.6. The molecule has 0 aliphatic rings. The molecule has 0 bridgehead atoms. The van der Waals surface area contributed by atoms with E-state index in [0.717, 1.165) is 38.5 Å². The summed E-state index contributed by atoms with van der Waals surface area (Å²) < 4.78 is 0. The molecule has 0 heterocycles. The number of hydrogen-bond donors (Lipinski definition) is 4. The van der Waals surface area contributed by atoms with Crippen LogP contribution >= 0.6 is 0 Å². The Morgan fingerprint density at radius 3 is 0.938 bits per heavy atom. The van der Waals surface area contributed by atoms with E-state index in [2.05, 4.69) is 31.3 Å². The summed E-state index contributed by atoms with van der Waals surface area (Å²) in [6.07, 6.45) is 71.4. The van der Waals surface area contributed by atoms with E-state index in [-0.39, 0.29) is 6.61 Å². The first-order valence-electron chi connectivity index (χ1n) is 29.7. The highest BCUT2D eigenvalue weighted by molar-refractivity contribution is 5.80. The fraction of sp³-hybridized carbons (Fsp3) is 0.917. The predicted molar refractivity (Wildman–Crippen MR) is 287 cm³/mol. The van der Waals surface area contributed by atoms with Crippen molar-refractivity contribution in [3.05, 3.63) is 24.3 Å². The number of hydrogen-bond acceptors (Lipinski definition) is 4. The van der Waals surface area contributed by atoms with Crippen molar-refractivity contribution in [1.29, 1.82) is 0 Å². The first kappa shape index (κ1) is 63.8. The summed E-state index contributed by atoms with van der Waals surface area (Å²) in [5.74, 6) is -0.506. The van der Waals surface area contributed by atoms with E-state index in [1.54, 1.807) is 6.08 Å². The highest BCUT2D eigenvalue weighted by Crippen LogP contribution is 2.18. The molecule has 1 amide bonds. The first-order valence-corrected chi connectivity index (χ1v) is 29.7. The molecule has 0 aliphatic carbocycles. The second kappa shape index (κ2) is 55.4. The fourth-order valence-electron chi connectivity index (χ4n) is 9.44. The molecule has 386 valence electrons. The third-order valence-corrected chi connectivity index (χ3v) is 14.0. The van der Waals surface area contributed by atoms with Crippen LogP contribution in [0.4, 0.5) is 0 Å². The minimum atomic E-state index is -1.10. The molecule has 0 saturated heterocycles. The average Bonchev–Trinajstić information content (AvgIpc) is 3.31. The number of amides is 1. The van der Waals surface area contributed by atoms with Gasteiger partial charge in [0.05, 0.1) is 18.8 Å².